The Morgan fingerprint density at radius 1 is 1.60 bits per heavy atom. The summed E-state index contributed by atoms with van der Waals surface area (Å²) < 4.78 is 1.98. The predicted molar refractivity (Wildman–Crippen MR) is 61.7 cm³/mol. The summed E-state index contributed by atoms with van der Waals surface area (Å²) in [5, 5.41) is 6.41. The molecule has 0 aliphatic heterocycles. The highest BCUT2D eigenvalue weighted by molar-refractivity contribution is 5.79. The molecule has 5 heteroatoms. The highest BCUT2D eigenvalue weighted by Gasteiger charge is 2.02. The molecule has 0 spiro atoms. The topological polar surface area (TPSA) is 54.2 Å². The first kappa shape index (κ1) is 11.6. The summed E-state index contributed by atoms with van der Waals surface area (Å²) in [6.45, 7) is 4.83. The Kier molecular flexibility index (Phi) is 4.15. The Hall–Kier alpha value is -1.52. The number of nitrogens with zero attached hydrogens (tertiary/aromatic N) is 3. The molecule has 0 amide bonds. The fourth-order valence-electron chi connectivity index (χ4n) is 1.20. The molecule has 1 rings (SSSR count). The van der Waals surface area contributed by atoms with Crippen LogP contribution in [0.15, 0.2) is 17.4 Å². The van der Waals surface area contributed by atoms with Crippen LogP contribution in [0.25, 0.3) is 0 Å². The average molecular weight is 209 g/mol. The van der Waals surface area contributed by atoms with Crippen molar-refractivity contribution >= 4 is 5.96 Å². The van der Waals surface area contributed by atoms with Gasteiger partial charge in [0.2, 0.25) is 0 Å². The number of aliphatic imine (C=N–C) groups is 1. The van der Waals surface area contributed by atoms with Crippen LogP contribution in [0.4, 0.5) is 0 Å². The summed E-state index contributed by atoms with van der Waals surface area (Å²) >= 11 is 0. The van der Waals surface area contributed by atoms with Crippen molar-refractivity contribution in [3.8, 4) is 0 Å². The highest BCUT2D eigenvalue weighted by atomic mass is 15.2. The van der Waals surface area contributed by atoms with E-state index in [1.54, 1.807) is 13.2 Å². The van der Waals surface area contributed by atoms with Crippen molar-refractivity contribution in [2.75, 3.05) is 7.05 Å². The van der Waals surface area contributed by atoms with E-state index in [1.165, 1.54) is 0 Å². The molecule has 0 unspecified atom stereocenters. The third kappa shape index (κ3) is 3.61. The van der Waals surface area contributed by atoms with Crippen LogP contribution in [-0.2, 0) is 13.6 Å². The van der Waals surface area contributed by atoms with Gasteiger partial charge in [-0.15, -0.1) is 0 Å². The summed E-state index contributed by atoms with van der Waals surface area (Å²) in [5.41, 5.74) is 0. The molecule has 0 atom stereocenters. The van der Waals surface area contributed by atoms with Crippen molar-refractivity contribution in [1.29, 1.82) is 0 Å². The summed E-state index contributed by atoms with van der Waals surface area (Å²) in [4.78, 5) is 8.33. The third-order valence-electron chi connectivity index (χ3n) is 1.98. The summed E-state index contributed by atoms with van der Waals surface area (Å²) in [7, 11) is 3.73. The number of guanidine groups is 1. The second kappa shape index (κ2) is 5.38. The van der Waals surface area contributed by atoms with Crippen molar-refractivity contribution in [1.82, 2.24) is 20.2 Å². The molecule has 0 saturated carbocycles. The van der Waals surface area contributed by atoms with Gasteiger partial charge >= 0.3 is 0 Å². The molecule has 5 nitrogen and oxygen atoms in total. The second-order valence-electron chi connectivity index (χ2n) is 3.68. The van der Waals surface area contributed by atoms with Crippen LogP contribution in [0.2, 0.25) is 0 Å². The van der Waals surface area contributed by atoms with Crippen LogP contribution in [-0.4, -0.2) is 28.6 Å². The first-order valence-electron chi connectivity index (χ1n) is 5.07. The number of rotatable bonds is 3. The number of hydrogen-bond donors (Lipinski definition) is 2. The van der Waals surface area contributed by atoms with Gasteiger partial charge in [0.15, 0.2) is 5.96 Å². The lowest BCUT2D eigenvalue weighted by Gasteiger charge is -2.14. The first-order valence-corrected chi connectivity index (χ1v) is 5.07. The smallest absolute Gasteiger partial charge is 0.191 e. The first-order chi connectivity index (χ1) is 7.13. The van der Waals surface area contributed by atoms with E-state index in [1.807, 2.05) is 17.8 Å². The molecular weight excluding hydrogens is 190 g/mol. The zero-order valence-corrected chi connectivity index (χ0v) is 9.78. The van der Waals surface area contributed by atoms with Crippen LogP contribution >= 0.6 is 0 Å². The van der Waals surface area contributed by atoms with E-state index in [2.05, 4.69) is 34.5 Å². The molecule has 1 aromatic heterocycles. The fourth-order valence-corrected chi connectivity index (χ4v) is 1.20. The van der Waals surface area contributed by atoms with Crippen molar-refractivity contribution in [2.45, 2.75) is 26.4 Å². The molecule has 0 aromatic carbocycles. The van der Waals surface area contributed by atoms with Gasteiger partial charge in [-0.25, -0.2) is 4.98 Å². The van der Waals surface area contributed by atoms with Crippen molar-refractivity contribution in [3.05, 3.63) is 18.2 Å². The second-order valence-corrected chi connectivity index (χ2v) is 3.68. The van der Waals surface area contributed by atoms with Crippen LogP contribution in [0.1, 0.15) is 19.7 Å². The maximum Gasteiger partial charge on any atom is 0.191 e. The minimum atomic E-state index is 0.373. The van der Waals surface area contributed by atoms with E-state index in [0.29, 0.717) is 12.6 Å². The monoisotopic (exact) mass is 209 g/mol. The van der Waals surface area contributed by atoms with Crippen LogP contribution < -0.4 is 10.6 Å². The van der Waals surface area contributed by atoms with Crippen molar-refractivity contribution < 1.29 is 0 Å². The molecule has 15 heavy (non-hydrogen) atoms. The van der Waals surface area contributed by atoms with E-state index in [9.17, 15) is 0 Å². The van der Waals surface area contributed by atoms with Gasteiger partial charge in [0.25, 0.3) is 0 Å². The largest absolute Gasteiger partial charge is 0.354 e. The van der Waals surface area contributed by atoms with Gasteiger partial charge in [-0.2, -0.15) is 0 Å². The summed E-state index contributed by atoms with van der Waals surface area (Å²) in [5.74, 6) is 1.79. The average Bonchev–Trinajstić information content (AvgIpc) is 2.58. The van der Waals surface area contributed by atoms with Crippen LogP contribution in [0.3, 0.4) is 0 Å². The number of hydrogen-bond acceptors (Lipinski definition) is 2. The lowest BCUT2D eigenvalue weighted by molar-refractivity contribution is 0.680. The Bertz CT molecular complexity index is 326. The normalized spacial score (nSPS) is 11.9. The standard InChI is InChI=1S/C10H19N5/c1-8(2)14-10(11-3)13-7-9-12-5-6-15(9)4/h5-6,8H,7H2,1-4H3,(H2,11,13,14). The Morgan fingerprint density at radius 3 is 2.80 bits per heavy atom. The van der Waals surface area contributed by atoms with E-state index < -0.39 is 0 Å². The molecule has 0 bridgehead atoms. The Labute approximate surface area is 90.6 Å². The maximum absolute atomic E-state index is 4.22. The quantitative estimate of drug-likeness (QED) is 0.563. The number of aryl methyl sites for hydroxylation is 1. The van der Waals surface area contributed by atoms with E-state index in [0.717, 1.165) is 11.8 Å². The zero-order valence-electron chi connectivity index (χ0n) is 9.78. The summed E-state index contributed by atoms with van der Waals surface area (Å²) in [6, 6.07) is 0.373. The number of imidazole rings is 1. The predicted octanol–water partition coefficient (Wildman–Crippen LogP) is 0.493. The van der Waals surface area contributed by atoms with Gasteiger partial charge in [0, 0.05) is 32.5 Å². The van der Waals surface area contributed by atoms with E-state index >= 15 is 0 Å². The van der Waals surface area contributed by atoms with Crippen molar-refractivity contribution in [3.63, 3.8) is 0 Å². The minimum absolute atomic E-state index is 0.373. The van der Waals surface area contributed by atoms with Gasteiger partial charge < -0.3 is 15.2 Å². The van der Waals surface area contributed by atoms with Gasteiger partial charge in [-0.1, -0.05) is 0 Å². The SMILES string of the molecule is CN=C(NCc1nccn1C)NC(C)C. The molecular formula is C10H19N5. The molecule has 2 N–H and O–H groups in total. The third-order valence-corrected chi connectivity index (χ3v) is 1.98. The lowest BCUT2D eigenvalue weighted by atomic mass is 10.4. The molecule has 1 heterocycles. The molecule has 1 aromatic rings. The zero-order chi connectivity index (χ0) is 11.3. The van der Waals surface area contributed by atoms with Crippen LogP contribution in [0.5, 0.6) is 0 Å². The van der Waals surface area contributed by atoms with Gasteiger partial charge in [0.05, 0.1) is 6.54 Å². The van der Waals surface area contributed by atoms with E-state index in [-0.39, 0.29) is 0 Å². The highest BCUT2D eigenvalue weighted by Crippen LogP contribution is 1.92. The number of nitrogens with one attached hydrogen (secondary N) is 2. The molecule has 0 aliphatic rings. The number of aromatic nitrogens is 2. The molecule has 0 saturated heterocycles. The Morgan fingerprint density at radius 2 is 2.33 bits per heavy atom. The minimum Gasteiger partial charge on any atom is -0.354 e. The van der Waals surface area contributed by atoms with Crippen LogP contribution in [0, 0.1) is 0 Å². The molecule has 0 radical (unpaired) electrons. The molecule has 0 aliphatic carbocycles. The fraction of sp³-hybridized carbons (Fsp3) is 0.600. The Balaban J connectivity index is 2.45. The van der Waals surface area contributed by atoms with Gasteiger partial charge in [0.1, 0.15) is 5.82 Å². The lowest BCUT2D eigenvalue weighted by Crippen LogP contribution is -2.40. The maximum atomic E-state index is 4.22. The van der Waals surface area contributed by atoms with Gasteiger partial charge in [-0.3, -0.25) is 4.99 Å². The molecule has 84 valence electrons. The van der Waals surface area contributed by atoms with E-state index in [4.69, 9.17) is 0 Å². The van der Waals surface area contributed by atoms with Gasteiger partial charge in [-0.05, 0) is 13.8 Å². The molecule has 0 fully saturated rings. The summed E-state index contributed by atoms with van der Waals surface area (Å²) in [6.07, 6.45) is 3.71. The van der Waals surface area contributed by atoms with Crippen molar-refractivity contribution in [2.24, 2.45) is 12.0 Å².